The first-order chi connectivity index (χ1) is 19.8. The highest BCUT2D eigenvalue weighted by atomic mass is 32.2. The molecule has 2 amide bonds. The summed E-state index contributed by atoms with van der Waals surface area (Å²) in [5, 5.41) is 4.50. The number of nitrogens with one attached hydrogen (secondary N) is 1. The Bertz CT molecular complexity index is 1650. The normalized spacial score (nSPS) is 14.1. The second-order valence-electron chi connectivity index (χ2n) is 10.4. The summed E-state index contributed by atoms with van der Waals surface area (Å²) in [5.74, 6) is -0.397. The largest absolute Gasteiger partial charge is 0.355 e. The smallest absolute Gasteiger partial charge is 0.265 e. The molecule has 0 saturated heterocycles. The van der Waals surface area contributed by atoms with Crippen LogP contribution < -0.4 is 9.62 Å². The van der Waals surface area contributed by atoms with E-state index in [1.54, 1.807) is 17.0 Å². The maximum absolute atomic E-state index is 13.9. The van der Waals surface area contributed by atoms with Crippen LogP contribution in [-0.4, -0.2) is 44.3 Å². The van der Waals surface area contributed by atoms with E-state index >= 15 is 0 Å². The van der Waals surface area contributed by atoms with Crippen LogP contribution in [0, 0.1) is 6.92 Å². The van der Waals surface area contributed by atoms with Crippen molar-refractivity contribution < 1.29 is 18.0 Å². The van der Waals surface area contributed by atoms with Crippen molar-refractivity contribution >= 4 is 38.3 Å². The van der Waals surface area contributed by atoms with Crippen LogP contribution in [0.5, 0.6) is 0 Å². The molecule has 1 N–H and O–H groups in total. The van der Waals surface area contributed by atoms with Crippen LogP contribution in [0.1, 0.15) is 36.5 Å². The predicted octanol–water partition coefficient (Wildman–Crippen LogP) is 5.21. The van der Waals surface area contributed by atoms with Crippen molar-refractivity contribution in [3.05, 3.63) is 108 Å². The Morgan fingerprint density at radius 1 is 0.878 bits per heavy atom. The molecule has 1 atom stereocenters. The van der Waals surface area contributed by atoms with Gasteiger partial charge < -0.3 is 10.2 Å². The fourth-order valence-electron chi connectivity index (χ4n) is 5.45. The Morgan fingerprint density at radius 3 is 2.29 bits per heavy atom. The summed E-state index contributed by atoms with van der Waals surface area (Å²) in [6, 6.07) is 27.8. The molecule has 0 bridgehead atoms. The summed E-state index contributed by atoms with van der Waals surface area (Å²) >= 11 is 0. The number of hydrogen-bond acceptors (Lipinski definition) is 4. The maximum Gasteiger partial charge on any atom is 0.265 e. The van der Waals surface area contributed by atoms with Gasteiger partial charge in [0.15, 0.2) is 0 Å². The minimum atomic E-state index is -3.70. The SMILES string of the molecule is CCNC(=O)[C@@H](Cc1ccccc1)N(Cc1ccc(C)cc1)C(=O)CCCN1c2cccc3cccc(c23)S1(=O)=O. The highest BCUT2D eigenvalue weighted by Crippen LogP contribution is 2.42. The molecular formula is C33H35N3O4S. The minimum Gasteiger partial charge on any atom is -0.355 e. The molecule has 212 valence electrons. The fraction of sp³-hybridized carbons (Fsp3) is 0.273. The quantitative estimate of drug-likeness (QED) is 0.269. The van der Waals surface area contributed by atoms with Gasteiger partial charge in [-0.1, -0.05) is 84.4 Å². The number of amides is 2. The summed E-state index contributed by atoms with van der Waals surface area (Å²) < 4.78 is 28.2. The summed E-state index contributed by atoms with van der Waals surface area (Å²) in [6.45, 7) is 4.77. The number of benzene rings is 4. The monoisotopic (exact) mass is 569 g/mol. The topological polar surface area (TPSA) is 86.8 Å². The van der Waals surface area contributed by atoms with E-state index in [0.717, 1.165) is 27.5 Å². The molecule has 5 rings (SSSR count). The number of nitrogens with zero attached hydrogens (tertiary/aromatic N) is 2. The number of likely N-dealkylation sites (N-methyl/N-ethyl adjacent to an activating group) is 1. The van der Waals surface area contributed by atoms with Crippen LogP contribution in [0.3, 0.4) is 0 Å². The molecule has 0 saturated carbocycles. The van der Waals surface area contributed by atoms with Crippen LogP contribution in [0.15, 0.2) is 95.9 Å². The zero-order valence-corrected chi connectivity index (χ0v) is 24.2. The standard InChI is InChI=1S/C33H35N3O4S/c1-3-34-33(38)29(22-25-10-5-4-6-11-25)35(23-26-19-17-24(2)18-20-26)31(37)16-9-21-36-28-14-7-12-27-13-8-15-30(32(27)28)41(36,39)40/h4-8,10-15,17-20,29H,3,9,16,21-23H2,1-2H3,(H,34,38)/t29-/m1/s1. The third kappa shape index (κ3) is 5.98. The minimum absolute atomic E-state index is 0.106. The number of anilines is 1. The number of carbonyl (C=O) groups excluding carboxylic acids is 2. The molecule has 0 fully saturated rings. The first-order valence-electron chi connectivity index (χ1n) is 14.0. The van der Waals surface area contributed by atoms with E-state index in [1.165, 1.54) is 4.31 Å². The van der Waals surface area contributed by atoms with E-state index in [4.69, 9.17) is 0 Å². The average molecular weight is 570 g/mol. The predicted molar refractivity (Wildman–Crippen MR) is 162 cm³/mol. The molecule has 4 aromatic carbocycles. The zero-order chi connectivity index (χ0) is 29.0. The van der Waals surface area contributed by atoms with Gasteiger partial charge in [-0.25, -0.2) is 8.42 Å². The van der Waals surface area contributed by atoms with Gasteiger partial charge in [-0.2, -0.15) is 0 Å². The molecule has 0 radical (unpaired) electrons. The summed E-state index contributed by atoms with van der Waals surface area (Å²) in [4.78, 5) is 29.2. The number of rotatable bonds is 11. The van der Waals surface area contributed by atoms with Crippen molar-refractivity contribution in [3.63, 3.8) is 0 Å². The van der Waals surface area contributed by atoms with Gasteiger partial charge >= 0.3 is 0 Å². The Morgan fingerprint density at radius 2 is 1.59 bits per heavy atom. The van der Waals surface area contributed by atoms with Crippen molar-refractivity contribution in [2.45, 2.75) is 50.6 Å². The van der Waals surface area contributed by atoms with E-state index in [2.05, 4.69) is 5.32 Å². The molecule has 0 spiro atoms. The van der Waals surface area contributed by atoms with Gasteiger partial charge in [-0.05, 0) is 48.9 Å². The van der Waals surface area contributed by atoms with E-state index < -0.39 is 16.1 Å². The third-order valence-corrected chi connectivity index (χ3v) is 9.38. The van der Waals surface area contributed by atoms with Crippen molar-refractivity contribution in [1.29, 1.82) is 0 Å². The van der Waals surface area contributed by atoms with Gasteiger partial charge in [-0.3, -0.25) is 13.9 Å². The van der Waals surface area contributed by atoms with E-state index in [-0.39, 0.29) is 31.3 Å². The summed E-state index contributed by atoms with van der Waals surface area (Å²) in [7, 11) is -3.70. The van der Waals surface area contributed by atoms with Gasteiger partial charge in [0.1, 0.15) is 6.04 Å². The van der Waals surface area contributed by atoms with E-state index in [0.29, 0.717) is 30.0 Å². The van der Waals surface area contributed by atoms with Crippen LogP contribution in [-0.2, 0) is 32.6 Å². The van der Waals surface area contributed by atoms with Crippen molar-refractivity contribution in [2.24, 2.45) is 0 Å². The molecule has 1 heterocycles. The maximum atomic E-state index is 13.9. The van der Waals surface area contributed by atoms with Crippen molar-refractivity contribution in [3.8, 4) is 0 Å². The van der Waals surface area contributed by atoms with Crippen LogP contribution in [0.25, 0.3) is 10.8 Å². The second kappa shape index (κ2) is 12.1. The molecule has 1 aliphatic heterocycles. The molecule has 41 heavy (non-hydrogen) atoms. The molecule has 0 aliphatic carbocycles. The Kier molecular flexibility index (Phi) is 8.40. The first kappa shape index (κ1) is 28.4. The summed E-state index contributed by atoms with van der Waals surface area (Å²) in [6.07, 6.45) is 0.803. The molecule has 7 nitrogen and oxygen atoms in total. The Labute approximate surface area is 241 Å². The fourth-order valence-corrected chi connectivity index (χ4v) is 7.20. The van der Waals surface area contributed by atoms with Gasteiger partial charge in [0, 0.05) is 37.9 Å². The van der Waals surface area contributed by atoms with Crippen LogP contribution in [0.4, 0.5) is 5.69 Å². The molecule has 0 unspecified atom stereocenters. The molecule has 0 aromatic heterocycles. The molecule has 8 heteroatoms. The van der Waals surface area contributed by atoms with Crippen molar-refractivity contribution in [2.75, 3.05) is 17.4 Å². The lowest BCUT2D eigenvalue weighted by molar-refractivity contribution is -0.141. The van der Waals surface area contributed by atoms with Crippen LogP contribution >= 0.6 is 0 Å². The molecule has 1 aliphatic rings. The lowest BCUT2D eigenvalue weighted by Crippen LogP contribution is -2.50. The second-order valence-corrected chi connectivity index (χ2v) is 12.3. The first-order valence-corrected chi connectivity index (χ1v) is 15.4. The highest BCUT2D eigenvalue weighted by Gasteiger charge is 2.36. The Hall–Kier alpha value is -4.17. The van der Waals surface area contributed by atoms with E-state index in [9.17, 15) is 18.0 Å². The van der Waals surface area contributed by atoms with Gasteiger partial charge in [0.2, 0.25) is 11.8 Å². The van der Waals surface area contributed by atoms with Gasteiger partial charge in [0.05, 0.1) is 10.6 Å². The average Bonchev–Trinajstić information content (AvgIpc) is 3.19. The molecule has 4 aromatic rings. The number of aryl methyl sites for hydroxylation is 1. The highest BCUT2D eigenvalue weighted by molar-refractivity contribution is 7.93. The zero-order valence-electron chi connectivity index (χ0n) is 23.4. The van der Waals surface area contributed by atoms with Gasteiger partial charge in [0.25, 0.3) is 10.0 Å². The number of sulfonamides is 1. The molecular weight excluding hydrogens is 534 g/mol. The lowest BCUT2D eigenvalue weighted by Gasteiger charge is -2.32. The number of hydrogen-bond donors (Lipinski definition) is 1. The van der Waals surface area contributed by atoms with Gasteiger partial charge in [-0.15, -0.1) is 0 Å². The number of carbonyl (C=O) groups is 2. The Balaban J connectivity index is 1.38. The van der Waals surface area contributed by atoms with Crippen LogP contribution in [0.2, 0.25) is 0 Å². The summed E-state index contributed by atoms with van der Waals surface area (Å²) in [5.41, 5.74) is 3.64. The third-order valence-electron chi connectivity index (χ3n) is 7.53. The lowest BCUT2D eigenvalue weighted by atomic mass is 10.0. The van der Waals surface area contributed by atoms with Crippen molar-refractivity contribution in [1.82, 2.24) is 10.2 Å². The van der Waals surface area contributed by atoms with E-state index in [1.807, 2.05) is 92.7 Å².